The monoisotopic (exact) mass is 130 g/mol. The van der Waals surface area contributed by atoms with Gasteiger partial charge in [-0.15, -0.1) is 0 Å². The third-order valence-corrected chi connectivity index (χ3v) is 0.707. The van der Waals surface area contributed by atoms with Crippen LogP contribution in [-0.2, 0) is 12.6 Å². The molecule has 0 saturated carbocycles. The lowest BCUT2D eigenvalue weighted by Crippen LogP contribution is -1.59. The van der Waals surface area contributed by atoms with E-state index in [1.165, 1.54) is 24.7 Å². The summed E-state index contributed by atoms with van der Waals surface area (Å²) in [6, 6.07) is 0. The Bertz CT molecular complexity index is 54.0. The second-order valence-electron chi connectivity index (χ2n) is 1.44. The maximum atomic E-state index is 7.13. The van der Waals surface area contributed by atoms with E-state index in [0.29, 0.717) is 0 Å². The lowest BCUT2D eigenvalue weighted by Gasteiger charge is -1.79. The van der Waals surface area contributed by atoms with Crippen LogP contribution in [0.2, 0.25) is 0 Å². The Balaban J connectivity index is 0. The molecule has 0 saturated heterocycles. The summed E-state index contributed by atoms with van der Waals surface area (Å²) in [7, 11) is 0. The summed E-state index contributed by atoms with van der Waals surface area (Å²) in [4.78, 5) is 0. The van der Waals surface area contributed by atoms with Gasteiger partial charge in [0.2, 0.25) is 0 Å². The van der Waals surface area contributed by atoms with Crippen molar-refractivity contribution in [2.75, 3.05) is 0 Å². The molecular weight excluding hydrogens is 118 g/mol. The molecule has 8 heavy (non-hydrogen) atoms. The first kappa shape index (κ1) is 10.6. The van der Waals surface area contributed by atoms with Crippen LogP contribution in [0.3, 0.4) is 0 Å². The summed E-state index contributed by atoms with van der Waals surface area (Å²) >= 11 is 3.70. The maximum absolute atomic E-state index is 7.13. The van der Waals surface area contributed by atoms with Gasteiger partial charge in [-0.3, -0.25) is 0 Å². The summed E-state index contributed by atoms with van der Waals surface area (Å²) in [5.41, 5.74) is 0. The van der Waals surface area contributed by atoms with Crippen LogP contribution >= 0.6 is 0 Å². The highest BCUT2D eigenvalue weighted by atomic mass is 32.1. The van der Waals surface area contributed by atoms with E-state index in [4.69, 9.17) is 5.26 Å². The van der Waals surface area contributed by atoms with Crippen molar-refractivity contribution in [3.05, 3.63) is 0 Å². The first-order valence-electron chi connectivity index (χ1n) is 2.84. The molecule has 0 atom stereocenters. The van der Waals surface area contributed by atoms with Crippen molar-refractivity contribution in [2.24, 2.45) is 0 Å². The highest BCUT2D eigenvalue weighted by Gasteiger charge is 1.68. The molecule has 0 radical (unpaired) electrons. The minimum atomic E-state index is 1.33. The van der Waals surface area contributed by atoms with Gasteiger partial charge in [-0.1, -0.05) is 38.5 Å². The maximum Gasteiger partial charge on any atom is -0.0538 e. The molecule has 0 bridgehead atoms. The van der Waals surface area contributed by atoms with Gasteiger partial charge in [-0.25, -0.2) is 5.26 Å². The fraction of sp³-hybridized carbons (Fsp3) is 0.833. The number of rotatable bonds is 2. The Morgan fingerprint density at radius 2 is 1.62 bits per heavy atom. The van der Waals surface area contributed by atoms with Gasteiger partial charge in [0.15, 0.2) is 0 Å². The Morgan fingerprint density at radius 1 is 1.38 bits per heavy atom. The van der Waals surface area contributed by atoms with Crippen molar-refractivity contribution in [1.82, 2.24) is 0 Å². The van der Waals surface area contributed by atoms with Gasteiger partial charge in [0.1, 0.15) is 0 Å². The predicted molar refractivity (Wildman–Crippen MR) is 38.2 cm³/mol. The molecule has 0 heterocycles. The number of unbranched alkanes of at least 4 members (excludes halogenated alkanes) is 2. The summed E-state index contributed by atoms with van der Waals surface area (Å²) < 4.78 is 0. The highest BCUT2D eigenvalue weighted by molar-refractivity contribution is 7.64. The third-order valence-electron chi connectivity index (χ3n) is 0.707. The second kappa shape index (κ2) is 15.9. The fourth-order valence-electron chi connectivity index (χ4n) is 0.354. The molecular formula is C6H12NS-. The zero-order valence-corrected chi connectivity index (χ0v) is 6.29. The topological polar surface area (TPSA) is 23.8 Å². The van der Waals surface area contributed by atoms with Crippen molar-refractivity contribution in [3.63, 3.8) is 0 Å². The van der Waals surface area contributed by atoms with Gasteiger partial charge >= 0.3 is 0 Å². The van der Waals surface area contributed by atoms with E-state index < -0.39 is 0 Å². The van der Waals surface area contributed by atoms with E-state index in [9.17, 15) is 0 Å². The van der Waals surface area contributed by atoms with Crippen molar-refractivity contribution in [3.8, 4) is 5.40 Å². The molecule has 0 aromatic rings. The molecule has 0 N–H and O–H groups in total. The molecule has 0 amide bonds. The Morgan fingerprint density at radius 3 is 1.62 bits per heavy atom. The van der Waals surface area contributed by atoms with Crippen molar-refractivity contribution in [2.45, 2.75) is 33.1 Å². The van der Waals surface area contributed by atoms with E-state index in [2.05, 4.69) is 26.5 Å². The molecule has 0 aromatic heterocycles. The third kappa shape index (κ3) is 43.3. The van der Waals surface area contributed by atoms with Crippen LogP contribution < -0.4 is 0 Å². The van der Waals surface area contributed by atoms with E-state index in [0.717, 1.165) is 0 Å². The van der Waals surface area contributed by atoms with E-state index in [-0.39, 0.29) is 0 Å². The first-order chi connectivity index (χ1) is 3.83. The van der Waals surface area contributed by atoms with Gasteiger partial charge in [0.25, 0.3) is 0 Å². The van der Waals surface area contributed by atoms with Crippen LogP contribution in [0.15, 0.2) is 0 Å². The minimum absolute atomic E-state index is 1.33. The average Bonchev–Trinajstić information content (AvgIpc) is 1.71. The van der Waals surface area contributed by atoms with Gasteiger partial charge in [0, 0.05) is 0 Å². The number of hydrogen-bond acceptors (Lipinski definition) is 2. The van der Waals surface area contributed by atoms with Crippen LogP contribution in [0.25, 0.3) is 0 Å². The summed E-state index contributed by atoms with van der Waals surface area (Å²) in [5, 5.41) is 8.47. The van der Waals surface area contributed by atoms with E-state index in [1.54, 1.807) is 0 Å². The van der Waals surface area contributed by atoms with Gasteiger partial charge < -0.3 is 12.6 Å². The van der Waals surface area contributed by atoms with Crippen molar-refractivity contribution < 1.29 is 0 Å². The number of hydrogen-bond donors (Lipinski definition) is 0. The smallest absolute Gasteiger partial charge is 0.0538 e. The van der Waals surface area contributed by atoms with Gasteiger partial charge in [0.05, 0.1) is 0 Å². The largest absolute Gasteiger partial charge is 0.696 e. The van der Waals surface area contributed by atoms with Gasteiger partial charge in [-0.05, 0) is 0 Å². The molecule has 0 spiro atoms. The van der Waals surface area contributed by atoms with E-state index >= 15 is 0 Å². The second-order valence-corrected chi connectivity index (χ2v) is 1.63. The van der Waals surface area contributed by atoms with Crippen molar-refractivity contribution in [1.29, 1.82) is 5.26 Å². The van der Waals surface area contributed by atoms with Gasteiger partial charge in [-0.2, -0.15) is 0 Å². The molecule has 0 unspecified atom stereocenters. The number of nitriles is 1. The Kier molecular flexibility index (Phi) is 21.2. The van der Waals surface area contributed by atoms with E-state index in [1.807, 2.05) is 0 Å². The Hall–Kier alpha value is -0.290. The lowest BCUT2D eigenvalue weighted by atomic mass is 10.3. The zero-order valence-electron chi connectivity index (χ0n) is 5.48. The van der Waals surface area contributed by atoms with Crippen LogP contribution in [0.5, 0.6) is 0 Å². The lowest BCUT2D eigenvalue weighted by molar-refractivity contribution is 0.772. The van der Waals surface area contributed by atoms with Crippen molar-refractivity contribution >= 4 is 12.6 Å². The molecule has 0 aromatic carbocycles. The van der Waals surface area contributed by atoms with Crippen LogP contribution in [0, 0.1) is 10.7 Å². The molecule has 2 heteroatoms. The summed E-state index contributed by atoms with van der Waals surface area (Å²) in [6.45, 7) is 4.42. The molecule has 0 aliphatic heterocycles. The first-order valence-corrected chi connectivity index (χ1v) is 3.25. The summed E-state index contributed by atoms with van der Waals surface area (Å²) in [5.74, 6) is 0. The van der Waals surface area contributed by atoms with Crippen LogP contribution in [-0.4, -0.2) is 0 Å². The van der Waals surface area contributed by atoms with Crippen LogP contribution in [0.1, 0.15) is 33.1 Å². The molecule has 0 rings (SSSR count). The van der Waals surface area contributed by atoms with Crippen LogP contribution in [0.4, 0.5) is 0 Å². The fourth-order valence-corrected chi connectivity index (χ4v) is 0.354. The quantitative estimate of drug-likeness (QED) is 0.422. The standard InChI is InChI=1S/C5H12.CHNS/c1-3-5-4-2;2-1-3/h3-5H2,1-2H3;3H/p-1. The molecule has 48 valence electrons. The number of thiocyanates is 1. The Labute approximate surface area is 57.1 Å². The SMILES string of the molecule is CCCCC.N#C[S-]. The zero-order chi connectivity index (χ0) is 6.83. The number of nitrogens with zero attached hydrogens (tertiary/aromatic N) is 1. The predicted octanol–water partition coefficient (Wildman–Crippen LogP) is 2.21. The summed E-state index contributed by atoms with van der Waals surface area (Å²) in [6.07, 6.45) is 4.08. The molecule has 0 aliphatic carbocycles. The normalized spacial score (nSPS) is 6.12. The highest BCUT2D eigenvalue weighted by Crippen LogP contribution is 1.88. The minimum Gasteiger partial charge on any atom is -0.696 e. The molecule has 1 nitrogen and oxygen atoms in total. The molecule has 0 aliphatic rings. The molecule has 0 fully saturated rings. The average molecular weight is 130 g/mol.